The van der Waals surface area contributed by atoms with Gasteiger partial charge >= 0.3 is 12.1 Å². The Morgan fingerprint density at radius 1 is 1.11 bits per heavy atom. The molecule has 0 bridgehead atoms. The van der Waals surface area contributed by atoms with E-state index in [9.17, 15) is 14.4 Å². The summed E-state index contributed by atoms with van der Waals surface area (Å²) >= 11 is 2.53. The number of fused-ring (bicyclic) bond motifs is 3. The molecule has 0 atom stereocenters. The highest BCUT2D eigenvalue weighted by Crippen LogP contribution is 2.44. The van der Waals surface area contributed by atoms with Crippen LogP contribution in [0.3, 0.4) is 0 Å². The van der Waals surface area contributed by atoms with Crippen molar-refractivity contribution >= 4 is 46.2 Å². The van der Waals surface area contributed by atoms with E-state index in [1.165, 1.54) is 16.7 Å². The number of hydrogen-bond donors (Lipinski definition) is 2. The quantitative estimate of drug-likeness (QED) is 0.429. The zero-order valence-corrected chi connectivity index (χ0v) is 20.9. The normalized spacial score (nSPS) is 12.1. The maximum absolute atomic E-state index is 12.9. The van der Waals surface area contributed by atoms with Gasteiger partial charge in [0.2, 0.25) is 0 Å². The molecule has 8 nitrogen and oxygen atoms in total. The van der Waals surface area contributed by atoms with Crippen molar-refractivity contribution < 1.29 is 24.2 Å². The minimum atomic E-state index is -1.08. The number of nitrogens with one attached hydrogen (secondary N) is 1. The van der Waals surface area contributed by atoms with Crippen molar-refractivity contribution in [3.63, 3.8) is 0 Å². The molecule has 0 spiro atoms. The van der Waals surface area contributed by atoms with Crippen molar-refractivity contribution in [2.75, 3.05) is 37.0 Å². The second-order valence-corrected chi connectivity index (χ2v) is 9.98. The number of carbonyl (C=O) groups excluding carboxylic acids is 2. The average molecular weight is 512 g/mol. The fraction of sp³-hybridized carbons (Fsp3) is 0.280. The van der Waals surface area contributed by atoms with E-state index in [0.29, 0.717) is 22.9 Å². The molecule has 2 N–H and O–H groups in total. The summed E-state index contributed by atoms with van der Waals surface area (Å²) in [6.45, 7) is 1.72. The highest BCUT2D eigenvalue weighted by molar-refractivity contribution is 7.98. The molecule has 10 heteroatoms. The van der Waals surface area contributed by atoms with E-state index in [2.05, 4.69) is 22.4 Å². The summed E-state index contributed by atoms with van der Waals surface area (Å²) in [5.74, 6) is -0.957. The van der Waals surface area contributed by atoms with Crippen molar-refractivity contribution in [2.24, 2.45) is 0 Å². The maximum atomic E-state index is 12.9. The summed E-state index contributed by atoms with van der Waals surface area (Å²) in [6, 6.07) is 16.2. The van der Waals surface area contributed by atoms with Crippen LogP contribution in [-0.2, 0) is 9.53 Å². The van der Waals surface area contributed by atoms with Crippen LogP contribution in [0.2, 0.25) is 0 Å². The smallest absolute Gasteiger partial charge is 0.413 e. The molecule has 0 saturated carbocycles. The van der Waals surface area contributed by atoms with E-state index < -0.39 is 24.5 Å². The van der Waals surface area contributed by atoms with E-state index in [1.807, 2.05) is 42.7 Å². The number of hydrogen-bond acceptors (Lipinski definition) is 7. The molecule has 1 heterocycles. The number of benzene rings is 2. The fourth-order valence-electron chi connectivity index (χ4n) is 4.13. The first-order valence-electron chi connectivity index (χ1n) is 11.0. The van der Waals surface area contributed by atoms with Gasteiger partial charge in [0, 0.05) is 18.2 Å². The van der Waals surface area contributed by atoms with Gasteiger partial charge in [0.05, 0.1) is 5.69 Å². The molecule has 3 aromatic rings. The number of aromatic nitrogens is 1. The molecule has 1 aromatic heterocycles. The van der Waals surface area contributed by atoms with Crippen LogP contribution in [0.15, 0.2) is 48.5 Å². The van der Waals surface area contributed by atoms with Gasteiger partial charge in [-0.2, -0.15) is 11.8 Å². The second-order valence-electron chi connectivity index (χ2n) is 8.00. The molecule has 35 heavy (non-hydrogen) atoms. The monoisotopic (exact) mass is 511 g/mol. The number of carboxylic acid groups (broad SMARTS) is 1. The maximum Gasteiger partial charge on any atom is 0.413 e. The first-order chi connectivity index (χ1) is 16.9. The topological polar surface area (TPSA) is 109 Å². The number of thioether (sulfide) groups is 1. The van der Waals surface area contributed by atoms with Gasteiger partial charge in [-0.15, -0.1) is 0 Å². The Bertz CT molecular complexity index is 1210. The number of nitrogens with zero attached hydrogens (tertiary/aromatic N) is 2. The number of aryl methyl sites for hydroxylation is 1. The lowest BCUT2D eigenvalue weighted by atomic mass is 9.98. The van der Waals surface area contributed by atoms with Crippen molar-refractivity contribution in [3.05, 3.63) is 70.2 Å². The minimum Gasteiger partial charge on any atom is -0.480 e. The van der Waals surface area contributed by atoms with Gasteiger partial charge in [0.15, 0.2) is 5.13 Å². The number of amides is 2. The first kappa shape index (κ1) is 24.7. The van der Waals surface area contributed by atoms with Crippen molar-refractivity contribution in [3.8, 4) is 11.1 Å². The highest BCUT2D eigenvalue weighted by Gasteiger charge is 2.29. The Kier molecular flexibility index (Phi) is 7.72. The first-order valence-corrected chi connectivity index (χ1v) is 13.2. The summed E-state index contributed by atoms with van der Waals surface area (Å²) < 4.78 is 5.55. The summed E-state index contributed by atoms with van der Waals surface area (Å²) in [6.07, 6.45) is 1.22. The number of aliphatic carboxylic acids is 1. The Balaban J connectivity index is 1.42. The number of carboxylic acids is 1. The SMILES string of the molecule is CSCCN(CC(=O)O)C(=O)c1sc(NC(=O)OCC2c3ccccc3-c3ccccc32)nc1C. The van der Waals surface area contributed by atoms with Crippen LogP contribution in [0.4, 0.5) is 9.93 Å². The van der Waals surface area contributed by atoms with E-state index in [0.717, 1.165) is 33.6 Å². The van der Waals surface area contributed by atoms with Crippen LogP contribution in [0, 0.1) is 6.92 Å². The lowest BCUT2D eigenvalue weighted by Crippen LogP contribution is -2.37. The van der Waals surface area contributed by atoms with Crippen molar-refractivity contribution in [1.29, 1.82) is 0 Å². The number of ether oxygens (including phenoxy) is 1. The number of anilines is 1. The molecule has 4 rings (SSSR count). The number of thiazole rings is 1. The molecule has 0 aliphatic heterocycles. The number of carbonyl (C=O) groups is 3. The predicted molar refractivity (Wildman–Crippen MR) is 137 cm³/mol. The zero-order chi connectivity index (χ0) is 24.9. The van der Waals surface area contributed by atoms with Gasteiger partial charge in [0.1, 0.15) is 18.0 Å². The molecular formula is C25H25N3O5S2. The fourth-order valence-corrected chi connectivity index (χ4v) is 5.45. The lowest BCUT2D eigenvalue weighted by molar-refractivity contribution is -0.137. The van der Waals surface area contributed by atoms with E-state index in [-0.39, 0.29) is 17.7 Å². The van der Waals surface area contributed by atoms with Gasteiger partial charge in [-0.25, -0.2) is 9.78 Å². The van der Waals surface area contributed by atoms with Crippen LogP contribution in [0.25, 0.3) is 11.1 Å². The molecule has 2 amide bonds. The van der Waals surface area contributed by atoms with Crippen LogP contribution in [0.5, 0.6) is 0 Å². The Morgan fingerprint density at radius 3 is 2.34 bits per heavy atom. The van der Waals surface area contributed by atoms with Gasteiger partial charge in [0.25, 0.3) is 5.91 Å². The minimum absolute atomic E-state index is 0.0654. The third-order valence-corrected chi connectivity index (χ3v) is 7.37. The zero-order valence-electron chi connectivity index (χ0n) is 19.3. The molecule has 0 unspecified atom stereocenters. The molecule has 1 aliphatic rings. The van der Waals surface area contributed by atoms with Crippen LogP contribution >= 0.6 is 23.1 Å². The Labute approximate surface area is 211 Å². The molecule has 1 aliphatic carbocycles. The standard InChI is InChI=1S/C25H25N3O5S2/c1-15-22(23(31)28(11-12-34-2)13-21(29)30)35-24(26-15)27-25(32)33-14-20-18-9-5-3-7-16(18)17-8-4-6-10-19(17)20/h3-10,20H,11-14H2,1-2H3,(H,29,30)(H,26,27,32). The van der Waals surface area contributed by atoms with E-state index in [1.54, 1.807) is 6.92 Å². The third-order valence-electron chi connectivity index (χ3n) is 5.72. The highest BCUT2D eigenvalue weighted by atomic mass is 32.2. The van der Waals surface area contributed by atoms with Crippen molar-refractivity contribution in [2.45, 2.75) is 12.8 Å². The molecule has 182 valence electrons. The third kappa shape index (κ3) is 5.49. The lowest BCUT2D eigenvalue weighted by Gasteiger charge is -2.19. The molecule has 0 fully saturated rings. The molecule has 0 saturated heterocycles. The summed E-state index contributed by atoms with van der Waals surface area (Å²) in [5, 5.41) is 12.0. The summed E-state index contributed by atoms with van der Waals surface area (Å²) in [4.78, 5) is 42.5. The molecular weight excluding hydrogens is 486 g/mol. The van der Waals surface area contributed by atoms with Crippen LogP contribution in [0.1, 0.15) is 32.4 Å². The van der Waals surface area contributed by atoms with E-state index in [4.69, 9.17) is 9.84 Å². The molecule has 0 radical (unpaired) electrons. The van der Waals surface area contributed by atoms with Gasteiger partial charge in [-0.3, -0.25) is 14.9 Å². The Morgan fingerprint density at radius 2 is 1.74 bits per heavy atom. The van der Waals surface area contributed by atoms with Crippen LogP contribution < -0.4 is 5.32 Å². The van der Waals surface area contributed by atoms with Crippen molar-refractivity contribution in [1.82, 2.24) is 9.88 Å². The van der Waals surface area contributed by atoms with Gasteiger partial charge in [-0.05, 0) is 35.4 Å². The van der Waals surface area contributed by atoms with Crippen LogP contribution in [-0.4, -0.2) is 64.7 Å². The van der Waals surface area contributed by atoms with Gasteiger partial charge < -0.3 is 14.7 Å². The van der Waals surface area contributed by atoms with E-state index >= 15 is 0 Å². The predicted octanol–water partition coefficient (Wildman–Crippen LogP) is 4.70. The summed E-state index contributed by atoms with van der Waals surface area (Å²) in [5.41, 5.74) is 4.94. The number of rotatable bonds is 9. The second kappa shape index (κ2) is 10.9. The largest absolute Gasteiger partial charge is 0.480 e. The average Bonchev–Trinajstić information content (AvgIpc) is 3.37. The molecule has 2 aromatic carbocycles. The summed E-state index contributed by atoms with van der Waals surface area (Å²) in [7, 11) is 0. The Hall–Kier alpha value is -3.37. The van der Waals surface area contributed by atoms with Gasteiger partial charge in [-0.1, -0.05) is 59.9 Å².